The number of amides is 1. The first-order chi connectivity index (χ1) is 17.2. The molecule has 0 atom stereocenters. The Bertz CT molecular complexity index is 1520. The highest BCUT2D eigenvalue weighted by atomic mass is 16.5. The number of nitrogens with zero attached hydrogens (tertiary/aromatic N) is 5. The number of aromatic amines is 1. The SMILES string of the molecule is NC(=O)c1cc(-c2cccc(-n3cnc4ccc(-c5nn[nH]n5)cc43)c2)ccc1OC1CCCC1. The number of tetrazole rings is 1. The van der Waals surface area contributed by atoms with Crippen molar-refractivity contribution in [2.75, 3.05) is 0 Å². The Morgan fingerprint density at radius 1 is 1.00 bits per heavy atom. The number of hydrogen-bond donors (Lipinski definition) is 2. The molecule has 9 nitrogen and oxygen atoms in total. The summed E-state index contributed by atoms with van der Waals surface area (Å²) in [5, 5.41) is 14.3. The Hall–Kier alpha value is -4.53. The molecule has 0 saturated heterocycles. The lowest BCUT2D eigenvalue weighted by Gasteiger charge is -2.16. The van der Waals surface area contributed by atoms with Crippen molar-refractivity contribution in [1.82, 2.24) is 30.2 Å². The van der Waals surface area contributed by atoms with Crippen LogP contribution in [0.1, 0.15) is 36.0 Å². The molecule has 2 aromatic heterocycles. The highest BCUT2D eigenvalue weighted by Crippen LogP contribution is 2.32. The maximum absolute atomic E-state index is 12.2. The highest BCUT2D eigenvalue weighted by molar-refractivity contribution is 5.97. The van der Waals surface area contributed by atoms with E-state index in [1.165, 1.54) is 0 Å². The molecule has 1 fully saturated rings. The molecule has 0 spiro atoms. The second kappa shape index (κ2) is 8.68. The average Bonchev–Trinajstić information content (AvgIpc) is 3.66. The third kappa shape index (κ3) is 4.01. The summed E-state index contributed by atoms with van der Waals surface area (Å²) < 4.78 is 8.11. The summed E-state index contributed by atoms with van der Waals surface area (Å²) in [5.41, 5.74) is 11.5. The zero-order valence-electron chi connectivity index (χ0n) is 18.9. The zero-order chi connectivity index (χ0) is 23.8. The Balaban J connectivity index is 1.37. The number of nitrogens with one attached hydrogen (secondary N) is 1. The molecule has 1 aliphatic carbocycles. The number of ether oxygens (including phenoxy) is 1. The van der Waals surface area contributed by atoms with Crippen LogP contribution in [-0.4, -0.2) is 42.2 Å². The Morgan fingerprint density at radius 3 is 2.63 bits per heavy atom. The van der Waals surface area contributed by atoms with Crippen molar-refractivity contribution in [2.45, 2.75) is 31.8 Å². The molecule has 0 unspecified atom stereocenters. The van der Waals surface area contributed by atoms with Crippen LogP contribution in [0.5, 0.6) is 5.75 Å². The van der Waals surface area contributed by atoms with Gasteiger partial charge in [-0.05, 0) is 84.5 Å². The van der Waals surface area contributed by atoms with Gasteiger partial charge in [0.1, 0.15) is 12.1 Å². The molecule has 0 aliphatic heterocycles. The number of carbonyl (C=O) groups excluding carboxylic acids is 1. The minimum absolute atomic E-state index is 0.147. The molecule has 9 heteroatoms. The fraction of sp³-hybridized carbons (Fsp3) is 0.192. The Labute approximate surface area is 200 Å². The van der Waals surface area contributed by atoms with Crippen molar-refractivity contribution < 1.29 is 9.53 Å². The summed E-state index contributed by atoms with van der Waals surface area (Å²) in [7, 11) is 0. The van der Waals surface area contributed by atoms with Gasteiger partial charge in [-0.1, -0.05) is 18.2 Å². The van der Waals surface area contributed by atoms with Crippen LogP contribution in [-0.2, 0) is 0 Å². The fourth-order valence-corrected chi connectivity index (χ4v) is 4.66. The van der Waals surface area contributed by atoms with Crippen molar-refractivity contribution in [1.29, 1.82) is 0 Å². The van der Waals surface area contributed by atoms with Gasteiger partial charge in [-0.15, -0.1) is 10.2 Å². The van der Waals surface area contributed by atoms with Gasteiger partial charge in [0, 0.05) is 11.3 Å². The molecule has 1 saturated carbocycles. The Kier molecular flexibility index (Phi) is 5.21. The van der Waals surface area contributed by atoms with E-state index in [0.29, 0.717) is 17.1 Å². The van der Waals surface area contributed by atoms with E-state index in [-0.39, 0.29) is 6.10 Å². The van der Waals surface area contributed by atoms with E-state index < -0.39 is 5.91 Å². The number of benzene rings is 3. The lowest BCUT2D eigenvalue weighted by atomic mass is 10.0. The smallest absolute Gasteiger partial charge is 0.252 e. The van der Waals surface area contributed by atoms with E-state index in [4.69, 9.17) is 10.5 Å². The number of fused-ring (bicyclic) bond motifs is 1. The largest absolute Gasteiger partial charge is 0.490 e. The molecule has 3 aromatic carbocycles. The van der Waals surface area contributed by atoms with Gasteiger partial charge in [0.25, 0.3) is 5.91 Å². The van der Waals surface area contributed by atoms with E-state index in [2.05, 4.69) is 31.7 Å². The number of hydrogen-bond acceptors (Lipinski definition) is 6. The van der Waals surface area contributed by atoms with Crippen LogP contribution in [0.2, 0.25) is 0 Å². The number of nitrogens with two attached hydrogens (primary N) is 1. The first-order valence-corrected chi connectivity index (χ1v) is 11.6. The number of rotatable bonds is 6. The first kappa shape index (κ1) is 21.0. The molecule has 3 N–H and O–H groups in total. The lowest BCUT2D eigenvalue weighted by Crippen LogP contribution is -2.17. The summed E-state index contributed by atoms with van der Waals surface area (Å²) in [6, 6.07) is 19.5. The van der Waals surface area contributed by atoms with Crippen molar-refractivity contribution in [3.8, 4) is 34.0 Å². The molecule has 1 aliphatic rings. The highest BCUT2D eigenvalue weighted by Gasteiger charge is 2.20. The monoisotopic (exact) mass is 465 g/mol. The summed E-state index contributed by atoms with van der Waals surface area (Å²) in [6.45, 7) is 0. The van der Waals surface area contributed by atoms with Crippen LogP contribution in [0.25, 0.3) is 39.2 Å². The minimum Gasteiger partial charge on any atom is -0.490 e. The number of H-pyrrole nitrogens is 1. The number of aromatic nitrogens is 6. The zero-order valence-corrected chi connectivity index (χ0v) is 18.9. The molecule has 2 heterocycles. The summed E-state index contributed by atoms with van der Waals surface area (Å²) in [6.07, 6.45) is 6.26. The van der Waals surface area contributed by atoms with Gasteiger partial charge in [-0.2, -0.15) is 5.21 Å². The molecular weight excluding hydrogens is 442 g/mol. The standard InChI is InChI=1S/C26H23N7O2/c27-25(34)21-13-17(9-11-24(21)35-20-6-1-2-7-20)16-4-3-5-19(12-16)33-15-28-22-10-8-18(14-23(22)33)26-29-31-32-30-26/h3-5,8-15,20H,1-2,6-7H2,(H2,27,34)(H,29,30,31,32). The molecule has 5 aromatic rings. The third-order valence-corrected chi connectivity index (χ3v) is 6.45. The van der Waals surface area contributed by atoms with Gasteiger partial charge in [0.2, 0.25) is 5.82 Å². The van der Waals surface area contributed by atoms with E-state index >= 15 is 0 Å². The van der Waals surface area contributed by atoms with Crippen molar-refractivity contribution >= 4 is 16.9 Å². The average molecular weight is 466 g/mol. The second-order valence-corrected chi connectivity index (χ2v) is 8.70. The number of carbonyl (C=O) groups is 1. The van der Waals surface area contributed by atoms with Crippen LogP contribution >= 0.6 is 0 Å². The predicted octanol–water partition coefficient (Wildman–Crippen LogP) is 4.29. The number of imidazole rings is 1. The van der Waals surface area contributed by atoms with Crippen molar-refractivity contribution in [3.63, 3.8) is 0 Å². The molecular formula is C26H23N7O2. The maximum Gasteiger partial charge on any atom is 0.252 e. The molecule has 0 bridgehead atoms. The van der Waals surface area contributed by atoms with Gasteiger partial charge in [-0.25, -0.2) is 4.98 Å². The van der Waals surface area contributed by atoms with Gasteiger partial charge in [-0.3, -0.25) is 9.36 Å². The Morgan fingerprint density at radius 2 is 1.83 bits per heavy atom. The van der Waals surface area contributed by atoms with E-state index in [1.54, 1.807) is 6.33 Å². The molecule has 0 radical (unpaired) electrons. The van der Waals surface area contributed by atoms with Crippen molar-refractivity contribution in [3.05, 3.63) is 72.6 Å². The van der Waals surface area contributed by atoms with Crippen LogP contribution in [0.3, 0.4) is 0 Å². The number of primary amides is 1. The third-order valence-electron chi connectivity index (χ3n) is 6.45. The van der Waals surface area contributed by atoms with Crippen LogP contribution in [0.15, 0.2) is 67.0 Å². The molecule has 35 heavy (non-hydrogen) atoms. The lowest BCUT2D eigenvalue weighted by molar-refractivity contribution is 0.0993. The maximum atomic E-state index is 12.2. The van der Waals surface area contributed by atoms with Gasteiger partial charge in [0.15, 0.2) is 0 Å². The normalized spacial score (nSPS) is 13.9. The summed E-state index contributed by atoms with van der Waals surface area (Å²) in [5.74, 6) is 0.580. The van der Waals surface area contributed by atoms with Crippen LogP contribution < -0.4 is 10.5 Å². The van der Waals surface area contributed by atoms with Gasteiger partial charge < -0.3 is 10.5 Å². The van der Waals surface area contributed by atoms with E-state index in [9.17, 15) is 4.79 Å². The molecule has 174 valence electrons. The first-order valence-electron chi connectivity index (χ1n) is 11.6. The topological polar surface area (TPSA) is 125 Å². The van der Waals surface area contributed by atoms with Crippen LogP contribution in [0.4, 0.5) is 0 Å². The molecule has 6 rings (SSSR count). The predicted molar refractivity (Wildman–Crippen MR) is 131 cm³/mol. The van der Waals surface area contributed by atoms with Gasteiger partial charge in [0.05, 0.1) is 22.7 Å². The molecule has 1 amide bonds. The van der Waals surface area contributed by atoms with Crippen LogP contribution in [0, 0.1) is 0 Å². The fourth-order valence-electron chi connectivity index (χ4n) is 4.66. The van der Waals surface area contributed by atoms with E-state index in [0.717, 1.165) is 59.1 Å². The minimum atomic E-state index is -0.495. The summed E-state index contributed by atoms with van der Waals surface area (Å²) >= 11 is 0. The van der Waals surface area contributed by atoms with Crippen molar-refractivity contribution in [2.24, 2.45) is 5.73 Å². The quantitative estimate of drug-likeness (QED) is 0.385. The second-order valence-electron chi connectivity index (χ2n) is 8.70. The van der Waals surface area contributed by atoms with E-state index in [1.807, 2.05) is 59.2 Å². The summed E-state index contributed by atoms with van der Waals surface area (Å²) in [4.78, 5) is 16.8. The van der Waals surface area contributed by atoms with Gasteiger partial charge >= 0.3 is 0 Å².